The number of hydrogen-bond donors (Lipinski definition) is 0. The highest BCUT2D eigenvalue weighted by Crippen LogP contribution is 1.96. The third-order valence-corrected chi connectivity index (χ3v) is 2.68. The molecule has 0 saturated carbocycles. The zero-order chi connectivity index (χ0) is 15.2. The molecule has 0 saturated heterocycles. The van der Waals surface area contributed by atoms with Crippen LogP contribution in [0.2, 0.25) is 0 Å². The molecular formula is C14H16N4O3. The van der Waals surface area contributed by atoms with Crippen molar-refractivity contribution < 1.29 is 9.53 Å². The highest BCUT2D eigenvalue weighted by molar-refractivity contribution is 5.79. The summed E-state index contributed by atoms with van der Waals surface area (Å²) in [7, 11) is 0. The lowest BCUT2D eigenvalue weighted by molar-refractivity contribution is -0.144. The number of hydrogen-bond acceptors (Lipinski definition) is 5. The summed E-state index contributed by atoms with van der Waals surface area (Å²) >= 11 is 0. The summed E-state index contributed by atoms with van der Waals surface area (Å²) in [5.41, 5.74) is 0.384. The lowest BCUT2D eigenvalue weighted by Crippen LogP contribution is -2.27. The van der Waals surface area contributed by atoms with Gasteiger partial charge in [0.15, 0.2) is 5.82 Å². The smallest absolute Gasteiger partial charge is 0.367 e. The van der Waals surface area contributed by atoms with Gasteiger partial charge in [-0.1, -0.05) is 30.3 Å². The molecule has 0 bridgehead atoms. The average Bonchev–Trinajstić information content (AvgIpc) is 2.73. The Labute approximate surface area is 121 Å². The first-order chi connectivity index (χ1) is 10.1. The minimum Gasteiger partial charge on any atom is -0.465 e. The summed E-state index contributed by atoms with van der Waals surface area (Å²) in [6.07, 6.45) is 1.56. The van der Waals surface area contributed by atoms with Crippen LogP contribution in [-0.4, -0.2) is 33.2 Å². The molecule has 0 spiro atoms. The number of nitrogens with zero attached hydrogens (tertiary/aromatic N) is 4. The van der Waals surface area contributed by atoms with E-state index in [0.29, 0.717) is 5.82 Å². The Morgan fingerprint density at radius 3 is 2.76 bits per heavy atom. The van der Waals surface area contributed by atoms with Crippen molar-refractivity contribution in [1.29, 1.82) is 0 Å². The highest BCUT2D eigenvalue weighted by atomic mass is 16.5. The molecule has 0 radical (unpaired) electrons. The van der Waals surface area contributed by atoms with Crippen molar-refractivity contribution in [3.8, 4) is 0 Å². The van der Waals surface area contributed by atoms with E-state index in [-0.39, 0.29) is 13.2 Å². The number of esters is 1. The monoisotopic (exact) mass is 288 g/mol. The van der Waals surface area contributed by atoms with Crippen LogP contribution >= 0.6 is 0 Å². The summed E-state index contributed by atoms with van der Waals surface area (Å²) in [5, 5.41) is 8.09. The van der Waals surface area contributed by atoms with Gasteiger partial charge in [0.1, 0.15) is 6.54 Å². The van der Waals surface area contributed by atoms with Crippen LogP contribution in [0.4, 0.5) is 0 Å². The second kappa shape index (κ2) is 6.65. The minimum atomic E-state index is -0.503. The first-order valence-electron chi connectivity index (χ1n) is 6.53. The Morgan fingerprint density at radius 2 is 2.10 bits per heavy atom. The fraction of sp³-hybridized carbons (Fsp3) is 0.286. The van der Waals surface area contributed by atoms with Gasteiger partial charge in [-0.2, -0.15) is 14.9 Å². The maximum Gasteiger partial charge on any atom is 0.367 e. The first kappa shape index (κ1) is 14.7. The molecule has 0 amide bonds. The van der Waals surface area contributed by atoms with Crippen LogP contribution in [0.3, 0.4) is 0 Å². The van der Waals surface area contributed by atoms with E-state index >= 15 is 0 Å². The van der Waals surface area contributed by atoms with Crippen LogP contribution in [0.5, 0.6) is 0 Å². The number of ether oxygens (including phenoxy) is 1. The molecule has 110 valence electrons. The van der Waals surface area contributed by atoms with Gasteiger partial charge in [0.2, 0.25) is 0 Å². The lowest BCUT2D eigenvalue weighted by atomic mass is 10.2. The van der Waals surface area contributed by atoms with Crippen molar-refractivity contribution in [2.75, 3.05) is 6.61 Å². The number of aromatic nitrogens is 3. The molecule has 1 aromatic heterocycles. The number of aryl methyl sites for hydroxylation is 1. The van der Waals surface area contributed by atoms with E-state index < -0.39 is 11.7 Å². The second-order valence-electron chi connectivity index (χ2n) is 4.26. The third-order valence-electron chi connectivity index (χ3n) is 2.68. The predicted octanol–water partition coefficient (Wildman–Crippen LogP) is 0.799. The van der Waals surface area contributed by atoms with Gasteiger partial charge in [-0.25, -0.2) is 9.48 Å². The fourth-order valence-electron chi connectivity index (χ4n) is 1.74. The summed E-state index contributed by atoms with van der Waals surface area (Å²) in [4.78, 5) is 23.5. The summed E-state index contributed by atoms with van der Waals surface area (Å²) in [5.74, 6) is -0.104. The second-order valence-corrected chi connectivity index (χ2v) is 4.26. The van der Waals surface area contributed by atoms with E-state index in [0.717, 1.165) is 14.9 Å². The third kappa shape index (κ3) is 3.65. The molecule has 1 aromatic carbocycles. The van der Waals surface area contributed by atoms with Crippen LogP contribution in [0.15, 0.2) is 40.2 Å². The summed E-state index contributed by atoms with van der Waals surface area (Å²) in [6, 6.07) is 9.38. The van der Waals surface area contributed by atoms with Crippen molar-refractivity contribution in [1.82, 2.24) is 14.5 Å². The largest absolute Gasteiger partial charge is 0.465 e. The van der Waals surface area contributed by atoms with Crippen molar-refractivity contribution in [2.24, 2.45) is 5.10 Å². The van der Waals surface area contributed by atoms with Crippen molar-refractivity contribution in [3.05, 3.63) is 52.2 Å². The van der Waals surface area contributed by atoms with Gasteiger partial charge >= 0.3 is 11.7 Å². The fourth-order valence-corrected chi connectivity index (χ4v) is 1.74. The Kier molecular flexibility index (Phi) is 4.65. The topological polar surface area (TPSA) is 78.5 Å². The van der Waals surface area contributed by atoms with Crippen molar-refractivity contribution in [3.63, 3.8) is 0 Å². The highest BCUT2D eigenvalue weighted by Gasteiger charge is 2.12. The van der Waals surface area contributed by atoms with Crippen LogP contribution in [-0.2, 0) is 16.1 Å². The van der Waals surface area contributed by atoms with Gasteiger partial charge in [-0.15, -0.1) is 0 Å². The number of carbonyl (C=O) groups is 1. The molecule has 0 unspecified atom stereocenters. The van der Waals surface area contributed by atoms with Gasteiger partial charge in [-0.05, 0) is 19.4 Å². The molecule has 7 heteroatoms. The first-order valence-corrected chi connectivity index (χ1v) is 6.53. The zero-order valence-corrected chi connectivity index (χ0v) is 11.9. The Morgan fingerprint density at radius 1 is 1.38 bits per heavy atom. The van der Waals surface area contributed by atoms with E-state index in [1.54, 1.807) is 20.1 Å². The maximum atomic E-state index is 12.1. The van der Waals surface area contributed by atoms with E-state index in [1.807, 2.05) is 30.3 Å². The van der Waals surface area contributed by atoms with Crippen LogP contribution in [0, 0.1) is 6.92 Å². The molecule has 0 atom stereocenters. The van der Waals surface area contributed by atoms with E-state index in [1.165, 1.54) is 0 Å². The van der Waals surface area contributed by atoms with Crippen LogP contribution in [0.1, 0.15) is 18.3 Å². The van der Waals surface area contributed by atoms with Gasteiger partial charge < -0.3 is 4.74 Å². The van der Waals surface area contributed by atoms with E-state index in [2.05, 4.69) is 10.2 Å². The van der Waals surface area contributed by atoms with Gasteiger partial charge in [0.05, 0.1) is 12.8 Å². The Balaban J connectivity index is 2.22. The predicted molar refractivity (Wildman–Crippen MR) is 77.3 cm³/mol. The lowest BCUT2D eigenvalue weighted by Gasteiger charge is -1.99. The summed E-state index contributed by atoms with van der Waals surface area (Å²) in [6.45, 7) is 3.39. The van der Waals surface area contributed by atoms with E-state index in [9.17, 15) is 9.59 Å². The molecule has 2 aromatic rings. The summed E-state index contributed by atoms with van der Waals surface area (Å²) < 4.78 is 6.98. The van der Waals surface area contributed by atoms with Gasteiger partial charge in [-0.3, -0.25) is 4.79 Å². The number of carbonyl (C=O) groups excluding carboxylic acids is 1. The van der Waals surface area contributed by atoms with E-state index in [4.69, 9.17) is 4.74 Å². The average molecular weight is 288 g/mol. The molecule has 0 fully saturated rings. The minimum absolute atomic E-state index is 0.221. The normalized spacial score (nSPS) is 11.0. The van der Waals surface area contributed by atoms with Crippen LogP contribution < -0.4 is 5.69 Å². The Hall–Kier alpha value is -2.70. The SMILES string of the molecule is CCOC(=O)Cn1nc(C)n(/N=C/c2ccccc2)c1=O. The number of rotatable bonds is 5. The zero-order valence-electron chi connectivity index (χ0n) is 11.9. The molecular weight excluding hydrogens is 272 g/mol. The van der Waals surface area contributed by atoms with Gasteiger partial charge in [0.25, 0.3) is 0 Å². The molecule has 0 N–H and O–H groups in total. The number of benzene rings is 1. The molecule has 0 aliphatic heterocycles. The van der Waals surface area contributed by atoms with Gasteiger partial charge in [0, 0.05) is 0 Å². The molecule has 0 aliphatic carbocycles. The molecule has 1 heterocycles. The molecule has 21 heavy (non-hydrogen) atoms. The van der Waals surface area contributed by atoms with Crippen molar-refractivity contribution in [2.45, 2.75) is 20.4 Å². The maximum absolute atomic E-state index is 12.1. The van der Waals surface area contributed by atoms with Crippen molar-refractivity contribution >= 4 is 12.2 Å². The quantitative estimate of drug-likeness (QED) is 0.602. The molecule has 7 nitrogen and oxygen atoms in total. The molecule has 2 rings (SSSR count). The van der Waals surface area contributed by atoms with Crippen LogP contribution in [0.25, 0.3) is 0 Å². The standard InChI is InChI=1S/C14H16N4O3/c1-3-21-13(19)10-17-14(20)18(11(2)16-17)15-9-12-7-5-4-6-8-12/h4-9H,3,10H2,1-2H3/b15-9+. The molecule has 0 aliphatic rings. The Bertz CT molecular complexity index is 701.